The van der Waals surface area contributed by atoms with Crippen LogP contribution in [0, 0.1) is 0 Å². The number of hydrogen-bond acceptors (Lipinski definition) is 2. The summed E-state index contributed by atoms with van der Waals surface area (Å²) in [5, 5.41) is 6.69. The summed E-state index contributed by atoms with van der Waals surface area (Å²) in [5.74, 6) is -0.805. The van der Waals surface area contributed by atoms with Crippen molar-refractivity contribution in [3.05, 3.63) is 76.0 Å². The van der Waals surface area contributed by atoms with Crippen molar-refractivity contribution in [2.45, 2.75) is 12.8 Å². The largest absolute Gasteiger partial charge is 0.326 e. The summed E-state index contributed by atoms with van der Waals surface area (Å²) in [6, 6.07) is 14.4. The number of fused-ring (bicyclic) bond motifs is 1. The van der Waals surface area contributed by atoms with Crippen LogP contribution in [0.5, 0.6) is 0 Å². The Morgan fingerprint density at radius 1 is 1.11 bits per heavy atom. The second-order valence-corrected chi connectivity index (χ2v) is 7.21. The quantitative estimate of drug-likeness (QED) is 0.662. The zero-order chi connectivity index (χ0) is 19.1. The zero-order valence-electron chi connectivity index (χ0n) is 14.3. The van der Waals surface area contributed by atoms with Crippen molar-refractivity contribution in [1.82, 2.24) is 4.57 Å². The molecule has 0 aliphatic carbocycles. The van der Waals surface area contributed by atoms with Gasteiger partial charge in [-0.05, 0) is 54.1 Å². The SMILES string of the molecule is CC(=O)Nc1ccc2c(c1)C(c1cccn1-c1cc(Cl)cc(Cl)c1)C(=O)N2. The minimum atomic E-state index is -0.513. The van der Waals surface area contributed by atoms with Crippen LogP contribution in [0.1, 0.15) is 24.1 Å². The van der Waals surface area contributed by atoms with Gasteiger partial charge in [-0.1, -0.05) is 23.2 Å². The third kappa shape index (κ3) is 3.31. The Hall–Kier alpha value is -2.76. The molecule has 27 heavy (non-hydrogen) atoms. The molecule has 1 unspecified atom stereocenters. The van der Waals surface area contributed by atoms with E-state index in [1.54, 1.807) is 30.3 Å². The van der Waals surface area contributed by atoms with Crippen molar-refractivity contribution >= 4 is 46.4 Å². The maximum atomic E-state index is 12.7. The van der Waals surface area contributed by atoms with Crippen LogP contribution >= 0.6 is 23.2 Å². The predicted octanol–water partition coefficient (Wildman–Crippen LogP) is 4.83. The summed E-state index contributed by atoms with van der Waals surface area (Å²) < 4.78 is 1.89. The van der Waals surface area contributed by atoms with Crippen LogP contribution in [0.4, 0.5) is 11.4 Å². The smallest absolute Gasteiger partial charge is 0.238 e. The van der Waals surface area contributed by atoms with Gasteiger partial charge in [-0.15, -0.1) is 0 Å². The van der Waals surface area contributed by atoms with Gasteiger partial charge in [-0.2, -0.15) is 0 Å². The van der Waals surface area contributed by atoms with Gasteiger partial charge in [0.25, 0.3) is 0 Å². The molecule has 1 aromatic heterocycles. The molecule has 1 aliphatic rings. The second-order valence-electron chi connectivity index (χ2n) is 6.34. The van der Waals surface area contributed by atoms with Gasteiger partial charge in [0.15, 0.2) is 0 Å². The van der Waals surface area contributed by atoms with Crippen LogP contribution in [0.2, 0.25) is 10.0 Å². The first-order valence-electron chi connectivity index (χ1n) is 8.28. The number of benzene rings is 2. The van der Waals surface area contributed by atoms with Crippen molar-refractivity contribution in [1.29, 1.82) is 0 Å². The topological polar surface area (TPSA) is 63.1 Å². The molecule has 1 atom stereocenters. The number of rotatable bonds is 3. The number of amides is 2. The monoisotopic (exact) mass is 399 g/mol. The molecule has 0 saturated carbocycles. The normalized spacial score (nSPS) is 15.4. The number of carbonyl (C=O) groups is 2. The Labute approximate surface area is 165 Å². The lowest BCUT2D eigenvalue weighted by Crippen LogP contribution is -2.16. The van der Waals surface area contributed by atoms with Gasteiger partial charge < -0.3 is 15.2 Å². The first kappa shape index (κ1) is 17.6. The predicted molar refractivity (Wildman–Crippen MR) is 107 cm³/mol. The maximum absolute atomic E-state index is 12.7. The molecule has 3 aromatic rings. The molecule has 5 nitrogen and oxygen atoms in total. The first-order valence-corrected chi connectivity index (χ1v) is 9.04. The Morgan fingerprint density at radius 2 is 1.85 bits per heavy atom. The van der Waals surface area contributed by atoms with E-state index in [4.69, 9.17) is 23.2 Å². The number of nitrogens with zero attached hydrogens (tertiary/aromatic N) is 1. The summed E-state index contributed by atoms with van der Waals surface area (Å²) in [6.45, 7) is 1.45. The highest BCUT2D eigenvalue weighted by atomic mass is 35.5. The lowest BCUT2D eigenvalue weighted by Gasteiger charge is -2.15. The van der Waals surface area contributed by atoms with Gasteiger partial charge >= 0.3 is 0 Å². The molecule has 1 aliphatic heterocycles. The Balaban J connectivity index is 1.81. The highest BCUT2D eigenvalue weighted by molar-refractivity contribution is 6.34. The van der Waals surface area contributed by atoms with Crippen LogP contribution in [0.15, 0.2) is 54.7 Å². The third-order valence-electron chi connectivity index (χ3n) is 4.40. The van der Waals surface area contributed by atoms with Crippen molar-refractivity contribution in [2.75, 3.05) is 10.6 Å². The average molecular weight is 400 g/mol. The fraction of sp³-hybridized carbons (Fsp3) is 0.100. The van der Waals surface area contributed by atoms with Crippen molar-refractivity contribution in [3.63, 3.8) is 0 Å². The van der Waals surface area contributed by atoms with E-state index in [-0.39, 0.29) is 11.8 Å². The molecular weight excluding hydrogens is 385 g/mol. The van der Waals surface area contributed by atoms with Gasteiger partial charge in [0.05, 0.1) is 0 Å². The fourth-order valence-corrected chi connectivity index (χ4v) is 3.89. The van der Waals surface area contributed by atoms with E-state index in [0.29, 0.717) is 15.7 Å². The van der Waals surface area contributed by atoms with Crippen LogP contribution < -0.4 is 10.6 Å². The van der Waals surface area contributed by atoms with E-state index in [2.05, 4.69) is 10.6 Å². The summed E-state index contributed by atoms with van der Waals surface area (Å²) in [4.78, 5) is 24.1. The number of halogens is 2. The van der Waals surface area contributed by atoms with Crippen molar-refractivity contribution in [2.24, 2.45) is 0 Å². The summed E-state index contributed by atoms with van der Waals surface area (Å²) in [6.07, 6.45) is 1.86. The van der Waals surface area contributed by atoms with Crippen LogP contribution in [0.3, 0.4) is 0 Å². The van der Waals surface area contributed by atoms with Gasteiger partial charge in [0, 0.05) is 45.9 Å². The minimum absolute atomic E-state index is 0.127. The summed E-state index contributed by atoms with van der Waals surface area (Å²) in [7, 11) is 0. The van der Waals surface area contributed by atoms with Gasteiger partial charge in [0.1, 0.15) is 5.92 Å². The van der Waals surface area contributed by atoms with E-state index >= 15 is 0 Å². The maximum Gasteiger partial charge on any atom is 0.238 e. The Bertz CT molecular complexity index is 1050. The number of carbonyl (C=O) groups excluding carboxylic acids is 2. The molecule has 2 aromatic carbocycles. The molecule has 4 rings (SSSR count). The Morgan fingerprint density at radius 3 is 2.56 bits per heavy atom. The van der Waals surface area contributed by atoms with E-state index < -0.39 is 5.92 Å². The minimum Gasteiger partial charge on any atom is -0.326 e. The molecule has 0 fully saturated rings. The third-order valence-corrected chi connectivity index (χ3v) is 4.84. The van der Waals surface area contributed by atoms with E-state index in [0.717, 1.165) is 22.6 Å². The molecule has 2 heterocycles. The number of aromatic nitrogens is 1. The van der Waals surface area contributed by atoms with Crippen LogP contribution in [0.25, 0.3) is 5.69 Å². The molecule has 7 heteroatoms. The molecule has 2 amide bonds. The van der Waals surface area contributed by atoms with Crippen LogP contribution in [-0.4, -0.2) is 16.4 Å². The number of nitrogens with one attached hydrogen (secondary N) is 2. The molecule has 0 bridgehead atoms. The molecular formula is C20H15Cl2N3O2. The molecule has 0 saturated heterocycles. The molecule has 2 N–H and O–H groups in total. The molecule has 0 radical (unpaired) electrons. The van der Waals surface area contributed by atoms with Gasteiger partial charge in [-0.25, -0.2) is 0 Å². The second kappa shape index (κ2) is 6.76. The summed E-state index contributed by atoms with van der Waals surface area (Å²) >= 11 is 12.3. The molecule has 0 spiro atoms. The van der Waals surface area contributed by atoms with E-state index in [1.807, 2.05) is 29.0 Å². The first-order chi connectivity index (χ1) is 12.9. The molecule has 136 valence electrons. The van der Waals surface area contributed by atoms with Crippen LogP contribution in [-0.2, 0) is 9.59 Å². The van der Waals surface area contributed by atoms with E-state index in [1.165, 1.54) is 6.92 Å². The van der Waals surface area contributed by atoms with Gasteiger partial charge in [-0.3, -0.25) is 9.59 Å². The lowest BCUT2D eigenvalue weighted by molar-refractivity contribution is -0.116. The highest BCUT2D eigenvalue weighted by Crippen LogP contribution is 2.40. The average Bonchev–Trinajstić information content (AvgIpc) is 3.16. The Kier molecular flexibility index (Phi) is 4.42. The van der Waals surface area contributed by atoms with Gasteiger partial charge in [0.2, 0.25) is 11.8 Å². The van der Waals surface area contributed by atoms with Crippen molar-refractivity contribution < 1.29 is 9.59 Å². The highest BCUT2D eigenvalue weighted by Gasteiger charge is 2.34. The van der Waals surface area contributed by atoms with E-state index in [9.17, 15) is 9.59 Å². The number of hydrogen-bond donors (Lipinski definition) is 2. The summed E-state index contributed by atoms with van der Waals surface area (Å²) in [5.41, 5.74) is 3.73. The standard InChI is InChI=1S/C20H15Cl2N3O2/c1-11(26)23-14-4-5-17-16(10-14)19(20(27)24-17)18-3-2-6-25(18)15-8-12(21)7-13(22)9-15/h2-10,19H,1H3,(H,23,26)(H,24,27). The van der Waals surface area contributed by atoms with Crippen molar-refractivity contribution in [3.8, 4) is 5.69 Å². The fourth-order valence-electron chi connectivity index (χ4n) is 3.38. The zero-order valence-corrected chi connectivity index (χ0v) is 15.8. The lowest BCUT2D eigenvalue weighted by atomic mass is 9.96. The number of anilines is 2.